The molecule has 1 spiro atoms. The van der Waals surface area contributed by atoms with Crippen LogP contribution in [0.25, 0.3) is 0 Å². The summed E-state index contributed by atoms with van der Waals surface area (Å²) < 4.78 is 6.00. The third-order valence-electron chi connectivity index (χ3n) is 2.93. The summed E-state index contributed by atoms with van der Waals surface area (Å²) in [5.74, 6) is 2.49. The van der Waals surface area contributed by atoms with Gasteiger partial charge in [0.1, 0.15) is 5.72 Å². The zero-order valence-electron chi connectivity index (χ0n) is 8.56. The average Bonchev–Trinajstić information content (AvgIpc) is 2.13. The van der Waals surface area contributed by atoms with Gasteiger partial charge in [-0.3, -0.25) is 5.32 Å². The molecule has 2 saturated heterocycles. The lowest BCUT2D eigenvalue weighted by molar-refractivity contribution is -0.140. The lowest BCUT2D eigenvalue weighted by Gasteiger charge is -2.46. The minimum absolute atomic E-state index is 0.0424. The first-order valence-corrected chi connectivity index (χ1v) is 6.24. The monoisotopic (exact) mass is 201 g/mol. The molecule has 2 heterocycles. The second kappa shape index (κ2) is 3.44. The molecule has 13 heavy (non-hydrogen) atoms. The van der Waals surface area contributed by atoms with E-state index in [1.807, 2.05) is 11.8 Å². The van der Waals surface area contributed by atoms with Crippen LogP contribution in [0.2, 0.25) is 0 Å². The molecule has 0 aromatic heterocycles. The van der Waals surface area contributed by atoms with Gasteiger partial charge in [-0.1, -0.05) is 13.8 Å². The van der Waals surface area contributed by atoms with Crippen LogP contribution in [-0.4, -0.2) is 30.4 Å². The van der Waals surface area contributed by atoms with Crippen molar-refractivity contribution in [3.8, 4) is 0 Å². The van der Waals surface area contributed by atoms with Gasteiger partial charge in [0, 0.05) is 12.0 Å². The van der Waals surface area contributed by atoms with E-state index >= 15 is 0 Å². The third kappa shape index (κ3) is 2.20. The predicted molar refractivity (Wildman–Crippen MR) is 57.0 cm³/mol. The van der Waals surface area contributed by atoms with E-state index in [2.05, 4.69) is 19.2 Å². The van der Waals surface area contributed by atoms with Crippen molar-refractivity contribution in [2.45, 2.75) is 32.4 Å². The van der Waals surface area contributed by atoms with Gasteiger partial charge in [-0.2, -0.15) is 11.8 Å². The molecule has 0 unspecified atom stereocenters. The first-order chi connectivity index (χ1) is 6.12. The highest BCUT2D eigenvalue weighted by Gasteiger charge is 2.39. The van der Waals surface area contributed by atoms with Gasteiger partial charge in [0.15, 0.2) is 0 Å². The van der Waals surface area contributed by atoms with Gasteiger partial charge in [0.2, 0.25) is 0 Å². The summed E-state index contributed by atoms with van der Waals surface area (Å²) in [6.07, 6.45) is 2.35. The standard InChI is InChI=1S/C10H19NOS/c1-9(2)7-11-10(12-8-9)3-5-13-6-4-10/h11H,3-8H2,1-2H3. The van der Waals surface area contributed by atoms with Crippen LogP contribution in [-0.2, 0) is 4.74 Å². The molecule has 0 aliphatic carbocycles. The van der Waals surface area contributed by atoms with E-state index in [9.17, 15) is 0 Å². The van der Waals surface area contributed by atoms with Crippen molar-refractivity contribution in [1.29, 1.82) is 0 Å². The topological polar surface area (TPSA) is 21.3 Å². The first kappa shape index (κ1) is 9.81. The Morgan fingerprint density at radius 3 is 2.46 bits per heavy atom. The lowest BCUT2D eigenvalue weighted by atomic mass is 9.90. The summed E-state index contributed by atoms with van der Waals surface area (Å²) in [4.78, 5) is 0. The number of nitrogens with one attached hydrogen (secondary N) is 1. The van der Waals surface area contributed by atoms with Crippen LogP contribution in [0.15, 0.2) is 0 Å². The second-order valence-electron chi connectivity index (χ2n) is 4.91. The van der Waals surface area contributed by atoms with Gasteiger partial charge in [-0.25, -0.2) is 0 Å². The highest BCUT2D eigenvalue weighted by molar-refractivity contribution is 7.99. The van der Waals surface area contributed by atoms with E-state index in [1.54, 1.807) is 0 Å². The SMILES string of the molecule is CC1(C)CNC2(CCSCC2)OC1. The Morgan fingerprint density at radius 2 is 1.92 bits per heavy atom. The summed E-state index contributed by atoms with van der Waals surface area (Å²) in [6, 6.07) is 0. The summed E-state index contributed by atoms with van der Waals surface area (Å²) in [6.45, 7) is 6.51. The van der Waals surface area contributed by atoms with Gasteiger partial charge >= 0.3 is 0 Å². The number of hydrogen-bond donors (Lipinski definition) is 1. The molecule has 76 valence electrons. The van der Waals surface area contributed by atoms with Crippen molar-refractivity contribution < 1.29 is 4.74 Å². The molecule has 2 nitrogen and oxygen atoms in total. The van der Waals surface area contributed by atoms with Crippen LogP contribution >= 0.6 is 11.8 Å². The molecule has 0 bridgehead atoms. The Morgan fingerprint density at radius 1 is 1.23 bits per heavy atom. The van der Waals surface area contributed by atoms with Gasteiger partial charge in [0.25, 0.3) is 0 Å². The summed E-state index contributed by atoms with van der Waals surface area (Å²) in [7, 11) is 0. The van der Waals surface area contributed by atoms with Crippen molar-refractivity contribution in [2.24, 2.45) is 5.41 Å². The fraction of sp³-hybridized carbons (Fsp3) is 1.00. The smallest absolute Gasteiger partial charge is 0.120 e. The molecule has 3 heteroatoms. The van der Waals surface area contributed by atoms with Gasteiger partial charge in [-0.05, 0) is 24.3 Å². The van der Waals surface area contributed by atoms with Crippen LogP contribution in [0.1, 0.15) is 26.7 Å². The molecule has 0 amide bonds. The van der Waals surface area contributed by atoms with Crippen LogP contribution in [0, 0.1) is 5.41 Å². The first-order valence-electron chi connectivity index (χ1n) is 5.09. The minimum atomic E-state index is 0.0424. The largest absolute Gasteiger partial charge is 0.360 e. The van der Waals surface area contributed by atoms with E-state index in [4.69, 9.17) is 4.74 Å². The number of hydrogen-bond acceptors (Lipinski definition) is 3. The molecule has 2 aliphatic rings. The number of rotatable bonds is 0. The molecule has 0 atom stereocenters. The maximum atomic E-state index is 6.00. The quantitative estimate of drug-likeness (QED) is 0.646. The van der Waals surface area contributed by atoms with E-state index < -0.39 is 0 Å². The Hall–Kier alpha value is 0.270. The van der Waals surface area contributed by atoms with Crippen molar-refractivity contribution in [1.82, 2.24) is 5.32 Å². The molecule has 0 aromatic carbocycles. The van der Waals surface area contributed by atoms with Crippen molar-refractivity contribution >= 4 is 11.8 Å². The van der Waals surface area contributed by atoms with Crippen molar-refractivity contribution in [2.75, 3.05) is 24.7 Å². The van der Waals surface area contributed by atoms with Gasteiger partial charge in [0.05, 0.1) is 6.61 Å². The molecule has 0 saturated carbocycles. The lowest BCUT2D eigenvalue weighted by Crippen LogP contribution is -2.59. The fourth-order valence-electron chi connectivity index (χ4n) is 1.86. The minimum Gasteiger partial charge on any atom is -0.360 e. The Labute approximate surface area is 84.8 Å². The predicted octanol–water partition coefficient (Wildman–Crippen LogP) is 1.86. The average molecular weight is 201 g/mol. The maximum absolute atomic E-state index is 6.00. The summed E-state index contributed by atoms with van der Waals surface area (Å²) in [5.41, 5.74) is 0.358. The number of ether oxygens (including phenoxy) is 1. The molecular formula is C10H19NOS. The molecule has 1 N–H and O–H groups in total. The van der Waals surface area contributed by atoms with Crippen LogP contribution < -0.4 is 5.32 Å². The molecule has 2 fully saturated rings. The zero-order chi connectivity index (χ0) is 9.36. The fourth-order valence-corrected chi connectivity index (χ4v) is 3.01. The second-order valence-corrected chi connectivity index (χ2v) is 6.14. The van der Waals surface area contributed by atoms with E-state index in [1.165, 1.54) is 24.3 Å². The molecule has 2 rings (SSSR count). The molecule has 0 radical (unpaired) electrons. The number of thioether (sulfide) groups is 1. The molecule has 0 aromatic rings. The van der Waals surface area contributed by atoms with E-state index in [0.29, 0.717) is 5.41 Å². The Kier molecular flexibility index (Phi) is 2.60. The van der Waals surface area contributed by atoms with Crippen LogP contribution in [0.3, 0.4) is 0 Å². The Balaban J connectivity index is 1.95. The third-order valence-corrected chi connectivity index (χ3v) is 3.91. The van der Waals surface area contributed by atoms with E-state index in [-0.39, 0.29) is 5.72 Å². The zero-order valence-corrected chi connectivity index (χ0v) is 9.38. The van der Waals surface area contributed by atoms with Gasteiger partial charge < -0.3 is 4.74 Å². The molecular weight excluding hydrogens is 182 g/mol. The van der Waals surface area contributed by atoms with Gasteiger partial charge in [-0.15, -0.1) is 0 Å². The van der Waals surface area contributed by atoms with E-state index in [0.717, 1.165) is 13.2 Å². The Bertz CT molecular complexity index is 175. The normalized spacial score (nSPS) is 31.8. The molecule has 2 aliphatic heterocycles. The van der Waals surface area contributed by atoms with Crippen molar-refractivity contribution in [3.63, 3.8) is 0 Å². The highest BCUT2D eigenvalue weighted by Crippen LogP contribution is 2.33. The maximum Gasteiger partial charge on any atom is 0.120 e. The van der Waals surface area contributed by atoms with Crippen LogP contribution in [0.5, 0.6) is 0 Å². The van der Waals surface area contributed by atoms with Crippen LogP contribution in [0.4, 0.5) is 0 Å². The van der Waals surface area contributed by atoms with Crippen molar-refractivity contribution in [3.05, 3.63) is 0 Å². The highest BCUT2D eigenvalue weighted by atomic mass is 32.2. The summed E-state index contributed by atoms with van der Waals surface area (Å²) in [5, 5.41) is 3.59. The summed E-state index contributed by atoms with van der Waals surface area (Å²) >= 11 is 2.04.